The van der Waals surface area contributed by atoms with Crippen LogP contribution in [0, 0.1) is 5.92 Å². The zero-order valence-electron chi connectivity index (χ0n) is 11.2. The molecular formula is C12H19N3O4S. The van der Waals surface area contributed by atoms with Gasteiger partial charge in [-0.25, -0.2) is 0 Å². The van der Waals surface area contributed by atoms with Crippen LogP contribution in [0.1, 0.15) is 25.1 Å². The zero-order valence-corrected chi connectivity index (χ0v) is 12.0. The van der Waals surface area contributed by atoms with E-state index in [4.69, 9.17) is 9.84 Å². The van der Waals surface area contributed by atoms with E-state index in [2.05, 4.69) is 10.2 Å². The first-order valence-corrected chi connectivity index (χ1v) is 7.64. The van der Waals surface area contributed by atoms with Gasteiger partial charge >= 0.3 is 5.97 Å². The maximum atomic E-state index is 10.6. The molecule has 0 aliphatic heterocycles. The summed E-state index contributed by atoms with van der Waals surface area (Å²) in [6, 6.07) is 0. The molecule has 1 aromatic rings. The van der Waals surface area contributed by atoms with Crippen molar-refractivity contribution in [3.63, 3.8) is 0 Å². The molecule has 1 aromatic heterocycles. The molecule has 1 heterocycles. The van der Waals surface area contributed by atoms with Crippen LogP contribution in [-0.2, 0) is 22.7 Å². The van der Waals surface area contributed by atoms with Gasteiger partial charge in [-0.1, -0.05) is 11.8 Å². The average molecular weight is 301 g/mol. The maximum Gasteiger partial charge on any atom is 0.313 e. The Morgan fingerprint density at radius 1 is 1.45 bits per heavy atom. The third kappa shape index (κ3) is 4.77. The van der Waals surface area contributed by atoms with Crippen LogP contribution < -0.4 is 0 Å². The number of carboxylic acid groups (broad SMARTS) is 1. The second-order valence-corrected chi connectivity index (χ2v) is 5.71. The summed E-state index contributed by atoms with van der Waals surface area (Å²) >= 11 is 1.11. The van der Waals surface area contributed by atoms with Crippen molar-refractivity contribution in [3.05, 3.63) is 5.82 Å². The van der Waals surface area contributed by atoms with Gasteiger partial charge in [0.2, 0.25) is 0 Å². The fraction of sp³-hybridized carbons (Fsp3) is 0.750. The van der Waals surface area contributed by atoms with Crippen molar-refractivity contribution < 1.29 is 19.7 Å². The summed E-state index contributed by atoms with van der Waals surface area (Å²) in [4.78, 5) is 10.6. The van der Waals surface area contributed by atoms with Crippen LogP contribution in [0.15, 0.2) is 5.16 Å². The highest BCUT2D eigenvalue weighted by Crippen LogP contribution is 2.28. The topological polar surface area (TPSA) is 97.5 Å². The molecule has 112 valence electrons. The number of ether oxygens (including phenoxy) is 1. The standard InChI is InChI=1S/C12H19N3O4S/c16-6-10-13-14-12(20-8-11(17)18)15(10)4-1-5-19-7-9-2-3-9/h9,16H,1-8H2,(H,17,18). The molecule has 0 saturated heterocycles. The number of hydrogen-bond acceptors (Lipinski definition) is 6. The van der Waals surface area contributed by atoms with Crippen molar-refractivity contribution in [2.45, 2.75) is 37.6 Å². The smallest absolute Gasteiger partial charge is 0.313 e. The van der Waals surface area contributed by atoms with E-state index in [-0.39, 0.29) is 12.4 Å². The Labute approximate surface area is 121 Å². The molecule has 2 rings (SSSR count). The highest BCUT2D eigenvalue weighted by molar-refractivity contribution is 7.99. The Morgan fingerprint density at radius 2 is 2.25 bits per heavy atom. The van der Waals surface area contributed by atoms with Crippen LogP contribution in [0.3, 0.4) is 0 Å². The highest BCUT2D eigenvalue weighted by Gasteiger charge is 2.21. The minimum Gasteiger partial charge on any atom is -0.481 e. The number of thioether (sulfide) groups is 1. The van der Waals surface area contributed by atoms with Crippen molar-refractivity contribution in [1.29, 1.82) is 0 Å². The van der Waals surface area contributed by atoms with Crippen LogP contribution in [0.4, 0.5) is 0 Å². The summed E-state index contributed by atoms with van der Waals surface area (Å²) in [6.07, 6.45) is 3.34. The number of aliphatic carboxylic acids is 1. The lowest BCUT2D eigenvalue weighted by molar-refractivity contribution is -0.133. The summed E-state index contributed by atoms with van der Waals surface area (Å²) in [5.74, 6) is 0.240. The minimum absolute atomic E-state index is 0.0677. The monoisotopic (exact) mass is 301 g/mol. The molecule has 7 nitrogen and oxygen atoms in total. The molecule has 0 radical (unpaired) electrons. The van der Waals surface area contributed by atoms with Crippen molar-refractivity contribution in [1.82, 2.24) is 14.8 Å². The second-order valence-electron chi connectivity index (χ2n) is 4.76. The summed E-state index contributed by atoms with van der Waals surface area (Å²) in [5.41, 5.74) is 0. The minimum atomic E-state index is -0.900. The molecule has 0 bridgehead atoms. The first kappa shape index (κ1) is 15.3. The van der Waals surface area contributed by atoms with Gasteiger partial charge in [0.05, 0.1) is 5.75 Å². The van der Waals surface area contributed by atoms with Crippen LogP contribution in [0.25, 0.3) is 0 Å². The quantitative estimate of drug-likeness (QED) is 0.486. The van der Waals surface area contributed by atoms with Gasteiger partial charge in [-0.15, -0.1) is 10.2 Å². The largest absolute Gasteiger partial charge is 0.481 e. The number of rotatable bonds is 10. The average Bonchev–Trinajstić information content (AvgIpc) is 3.16. The van der Waals surface area contributed by atoms with E-state index >= 15 is 0 Å². The molecule has 0 unspecified atom stereocenters. The van der Waals surface area contributed by atoms with Crippen LogP contribution in [-0.4, -0.2) is 49.9 Å². The van der Waals surface area contributed by atoms with Gasteiger partial charge in [-0.3, -0.25) is 4.79 Å². The normalized spacial score (nSPS) is 14.7. The van der Waals surface area contributed by atoms with Crippen molar-refractivity contribution in [3.8, 4) is 0 Å². The molecular weight excluding hydrogens is 282 g/mol. The van der Waals surface area contributed by atoms with Crippen LogP contribution in [0.2, 0.25) is 0 Å². The predicted molar refractivity (Wildman–Crippen MR) is 72.5 cm³/mol. The van der Waals surface area contributed by atoms with E-state index in [1.807, 2.05) is 0 Å². The molecule has 1 aliphatic carbocycles. The Balaban J connectivity index is 1.79. The molecule has 2 N–H and O–H groups in total. The maximum absolute atomic E-state index is 10.6. The molecule has 0 spiro atoms. The lowest BCUT2D eigenvalue weighted by atomic mass is 10.4. The molecule has 1 saturated carbocycles. The van der Waals surface area contributed by atoms with Gasteiger partial charge in [0.1, 0.15) is 6.61 Å². The molecule has 1 aliphatic rings. The third-order valence-corrected chi connectivity index (χ3v) is 3.93. The summed E-state index contributed by atoms with van der Waals surface area (Å²) in [5, 5.41) is 26.2. The number of aliphatic hydroxyl groups excluding tert-OH is 1. The fourth-order valence-electron chi connectivity index (χ4n) is 1.75. The van der Waals surface area contributed by atoms with E-state index in [9.17, 15) is 9.90 Å². The summed E-state index contributed by atoms with van der Waals surface area (Å²) in [7, 11) is 0. The lowest BCUT2D eigenvalue weighted by Gasteiger charge is -2.08. The Hall–Kier alpha value is -1.12. The molecule has 0 amide bonds. The fourth-order valence-corrected chi connectivity index (χ4v) is 2.46. The molecule has 20 heavy (non-hydrogen) atoms. The zero-order chi connectivity index (χ0) is 14.4. The number of hydrogen-bond donors (Lipinski definition) is 2. The van der Waals surface area contributed by atoms with Crippen molar-refractivity contribution in [2.24, 2.45) is 5.92 Å². The van der Waals surface area contributed by atoms with E-state index in [0.29, 0.717) is 24.1 Å². The molecule has 0 atom stereocenters. The van der Waals surface area contributed by atoms with Gasteiger partial charge in [0, 0.05) is 19.8 Å². The van der Waals surface area contributed by atoms with Gasteiger partial charge in [0.25, 0.3) is 0 Å². The van der Waals surface area contributed by atoms with Gasteiger partial charge < -0.3 is 19.5 Å². The second kappa shape index (κ2) is 7.61. The molecule has 0 aromatic carbocycles. The Morgan fingerprint density at radius 3 is 2.90 bits per heavy atom. The SMILES string of the molecule is O=C(O)CSc1nnc(CO)n1CCCOCC1CC1. The number of carboxylic acids is 1. The van der Waals surface area contributed by atoms with Crippen molar-refractivity contribution >= 4 is 17.7 Å². The van der Waals surface area contributed by atoms with Crippen LogP contribution >= 0.6 is 11.8 Å². The van der Waals surface area contributed by atoms with E-state index in [1.165, 1.54) is 12.8 Å². The number of carbonyl (C=O) groups is 1. The van der Waals surface area contributed by atoms with E-state index in [0.717, 1.165) is 30.7 Å². The predicted octanol–water partition coefficient (Wildman–Crippen LogP) is 0.764. The number of aromatic nitrogens is 3. The molecule has 1 fully saturated rings. The van der Waals surface area contributed by atoms with Gasteiger partial charge in [-0.2, -0.15) is 0 Å². The van der Waals surface area contributed by atoms with Crippen molar-refractivity contribution in [2.75, 3.05) is 19.0 Å². The van der Waals surface area contributed by atoms with Gasteiger partial charge in [0.15, 0.2) is 11.0 Å². The highest BCUT2D eigenvalue weighted by atomic mass is 32.2. The third-order valence-electron chi connectivity index (χ3n) is 2.98. The van der Waals surface area contributed by atoms with Crippen LogP contribution in [0.5, 0.6) is 0 Å². The lowest BCUT2D eigenvalue weighted by Crippen LogP contribution is -2.09. The van der Waals surface area contributed by atoms with Gasteiger partial charge in [-0.05, 0) is 25.2 Å². The number of aliphatic hydroxyl groups is 1. The number of nitrogens with zero attached hydrogens (tertiary/aromatic N) is 3. The van der Waals surface area contributed by atoms with E-state index < -0.39 is 5.97 Å². The first-order valence-electron chi connectivity index (χ1n) is 6.66. The Kier molecular flexibility index (Phi) is 5.81. The van der Waals surface area contributed by atoms with E-state index in [1.54, 1.807) is 4.57 Å². The summed E-state index contributed by atoms with van der Waals surface area (Å²) in [6.45, 7) is 1.90. The Bertz CT molecular complexity index is 448. The summed E-state index contributed by atoms with van der Waals surface area (Å²) < 4.78 is 7.31. The molecule has 8 heteroatoms. The first-order chi connectivity index (χ1) is 9.70.